The number of thiophene rings is 1. The average Bonchev–Trinajstić information content (AvgIpc) is 2.69. The Morgan fingerprint density at radius 2 is 2.13 bits per heavy atom. The lowest BCUT2D eigenvalue weighted by molar-refractivity contribution is 0.539. The van der Waals surface area contributed by atoms with Crippen molar-refractivity contribution in [3.63, 3.8) is 0 Å². The van der Waals surface area contributed by atoms with Gasteiger partial charge in [-0.1, -0.05) is 11.6 Å². The average molecular weight is 259 g/mol. The molecule has 80 valence electrons. The van der Waals surface area contributed by atoms with Gasteiger partial charge in [-0.15, -0.1) is 22.7 Å². The number of rotatable bonds is 2. The highest BCUT2D eigenvalue weighted by Crippen LogP contribution is 2.34. The Kier molecular flexibility index (Phi) is 2.85. The van der Waals surface area contributed by atoms with Crippen LogP contribution in [0.25, 0.3) is 9.88 Å². The van der Waals surface area contributed by atoms with E-state index < -0.39 is 0 Å². The largest absolute Gasteiger partial charge is 0.321 e. The summed E-state index contributed by atoms with van der Waals surface area (Å²) in [6, 6.07) is 3.87. The molecule has 0 saturated heterocycles. The quantitative estimate of drug-likeness (QED) is 0.892. The van der Waals surface area contributed by atoms with Gasteiger partial charge in [-0.2, -0.15) is 0 Å². The van der Waals surface area contributed by atoms with Gasteiger partial charge in [-0.05, 0) is 26.0 Å². The van der Waals surface area contributed by atoms with Crippen molar-refractivity contribution in [3.8, 4) is 9.88 Å². The predicted molar refractivity (Wildman–Crippen MR) is 67.7 cm³/mol. The number of thiazole rings is 1. The highest BCUT2D eigenvalue weighted by molar-refractivity contribution is 7.23. The van der Waals surface area contributed by atoms with Gasteiger partial charge in [0.25, 0.3) is 0 Å². The molecule has 0 fully saturated rings. The van der Waals surface area contributed by atoms with Crippen molar-refractivity contribution in [1.29, 1.82) is 0 Å². The molecule has 0 aliphatic carbocycles. The van der Waals surface area contributed by atoms with Crippen LogP contribution in [-0.2, 0) is 5.54 Å². The number of hydrogen-bond donors (Lipinski definition) is 1. The van der Waals surface area contributed by atoms with Gasteiger partial charge in [0.2, 0.25) is 0 Å². The maximum atomic E-state index is 5.97. The summed E-state index contributed by atoms with van der Waals surface area (Å²) < 4.78 is 0.786. The van der Waals surface area contributed by atoms with Crippen LogP contribution in [0.4, 0.5) is 0 Å². The van der Waals surface area contributed by atoms with Gasteiger partial charge in [0.1, 0.15) is 5.01 Å². The molecule has 15 heavy (non-hydrogen) atoms. The standard InChI is InChI=1S/C10H11ClN2S2/c1-10(2,12)7-5-14-9(13-7)6-3-4-8(11)15-6/h3-5H,12H2,1-2H3. The summed E-state index contributed by atoms with van der Waals surface area (Å²) in [6.45, 7) is 3.90. The van der Waals surface area contributed by atoms with Crippen molar-refractivity contribution in [2.75, 3.05) is 0 Å². The van der Waals surface area contributed by atoms with Crippen LogP contribution in [0.2, 0.25) is 4.34 Å². The van der Waals surface area contributed by atoms with Crippen molar-refractivity contribution in [2.45, 2.75) is 19.4 Å². The molecule has 2 rings (SSSR count). The third-order valence-electron chi connectivity index (χ3n) is 1.95. The lowest BCUT2D eigenvalue weighted by Gasteiger charge is -2.14. The molecule has 5 heteroatoms. The van der Waals surface area contributed by atoms with Crippen LogP contribution in [0.5, 0.6) is 0 Å². The van der Waals surface area contributed by atoms with Crippen LogP contribution in [0.1, 0.15) is 19.5 Å². The first-order valence-corrected chi connectivity index (χ1v) is 6.55. The molecule has 0 radical (unpaired) electrons. The highest BCUT2D eigenvalue weighted by Gasteiger charge is 2.18. The molecule has 2 aromatic rings. The van der Waals surface area contributed by atoms with Gasteiger partial charge in [-0.3, -0.25) is 0 Å². The number of aromatic nitrogens is 1. The molecule has 2 nitrogen and oxygen atoms in total. The Balaban J connectivity index is 2.36. The summed E-state index contributed by atoms with van der Waals surface area (Å²) in [5, 5.41) is 2.99. The van der Waals surface area contributed by atoms with Crippen LogP contribution in [-0.4, -0.2) is 4.98 Å². The lowest BCUT2D eigenvalue weighted by atomic mass is 10.0. The van der Waals surface area contributed by atoms with E-state index in [9.17, 15) is 0 Å². The van der Waals surface area contributed by atoms with Gasteiger partial charge in [0.05, 0.1) is 20.4 Å². The zero-order chi connectivity index (χ0) is 11.1. The molecule has 0 atom stereocenters. The lowest BCUT2D eigenvalue weighted by Crippen LogP contribution is -2.28. The molecular weight excluding hydrogens is 248 g/mol. The Morgan fingerprint density at radius 1 is 1.40 bits per heavy atom. The first-order chi connectivity index (χ1) is 6.97. The van der Waals surface area contributed by atoms with Gasteiger partial charge >= 0.3 is 0 Å². The fourth-order valence-corrected chi connectivity index (χ4v) is 3.22. The molecule has 0 aliphatic rings. The van der Waals surface area contributed by atoms with Gasteiger partial charge < -0.3 is 5.73 Å². The summed E-state index contributed by atoms with van der Waals surface area (Å²) in [5.41, 5.74) is 6.52. The molecule has 0 aromatic carbocycles. The smallest absolute Gasteiger partial charge is 0.133 e. The third-order valence-corrected chi connectivity index (χ3v) is 4.19. The molecule has 0 bridgehead atoms. The molecule has 0 saturated carbocycles. The minimum absolute atomic E-state index is 0.379. The monoisotopic (exact) mass is 258 g/mol. The minimum atomic E-state index is -0.379. The number of nitrogens with two attached hydrogens (primary N) is 1. The van der Waals surface area contributed by atoms with E-state index in [1.54, 1.807) is 11.3 Å². The maximum absolute atomic E-state index is 5.97. The van der Waals surface area contributed by atoms with E-state index in [1.165, 1.54) is 11.3 Å². The van der Waals surface area contributed by atoms with Gasteiger partial charge in [0, 0.05) is 5.38 Å². The van der Waals surface area contributed by atoms with Crippen molar-refractivity contribution >= 4 is 34.3 Å². The van der Waals surface area contributed by atoms with Crippen LogP contribution in [0, 0.1) is 0 Å². The van der Waals surface area contributed by atoms with Crippen LogP contribution in [0.15, 0.2) is 17.5 Å². The first kappa shape index (κ1) is 11.1. The summed E-state index contributed by atoms with van der Waals surface area (Å²) in [5.74, 6) is 0. The number of halogens is 1. The normalized spacial score (nSPS) is 12.0. The molecule has 0 spiro atoms. The van der Waals surface area contributed by atoms with Crippen LogP contribution >= 0.6 is 34.3 Å². The Bertz CT molecular complexity index is 468. The minimum Gasteiger partial charge on any atom is -0.321 e. The van der Waals surface area contributed by atoms with E-state index in [0.717, 1.165) is 19.9 Å². The van der Waals surface area contributed by atoms with Crippen LogP contribution in [0.3, 0.4) is 0 Å². The zero-order valence-corrected chi connectivity index (χ0v) is 10.8. The van der Waals surface area contributed by atoms with E-state index in [0.29, 0.717) is 0 Å². The predicted octanol–water partition coefficient (Wildman–Crippen LogP) is 3.72. The molecule has 2 heterocycles. The van der Waals surface area contributed by atoms with Gasteiger partial charge in [0.15, 0.2) is 0 Å². The first-order valence-electron chi connectivity index (χ1n) is 4.47. The van der Waals surface area contributed by atoms with Crippen LogP contribution < -0.4 is 5.73 Å². The van der Waals surface area contributed by atoms with Crippen molar-refractivity contribution in [1.82, 2.24) is 4.98 Å². The van der Waals surface area contributed by atoms with E-state index >= 15 is 0 Å². The van der Waals surface area contributed by atoms with E-state index in [4.69, 9.17) is 17.3 Å². The van der Waals surface area contributed by atoms with Crippen molar-refractivity contribution in [2.24, 2.45) is 5.73 Å². The Hall–Kier alpha value is -0.420. The molecule has 2 N–H and O–H groups in total. The summed E-state index contributed by atoms with van der Waals surface area (Å²) in [4.78, 5) is 5.61. The fourth-order valence-electron chi connectivity index (χ4n) is 1.11. The highest BCUT2D eigenvalue weighted by atomic mass is 35.5. The molecule has 2 aromatic heterocycles. The molecule has 0 aliphatic heterocycles. The third kappa shape index (κ3) is 2.39. The fraction of sp³-hybridized carbons (Fsp3) is 0.300. The van der Waals surface area contributed by atoms with Crippen molar-refractivity contribution < 1.29 is 0 Å². The summed E-state index contributed by atoms with van der Waals surface area (Å²) >= 11 is 9.02. The second-order valence-corrected chi connectivity index (χ2v) is 6.44. The van der Waals surface area contributed by atoms with E-state index in [1.807, 2.05) is 31.4 Å². The Labute approximate surface area is 102 Å². The van der Waals surface area contributed by atoms with E-state index in [-0.39, 0.29) is 5.54 Å². The SMILES string of the molecule is CC(C)(N)c1csc(-c2ccc(Cl)s2)n1. The van der Waals surface area contributed by atoms with E-state index in [2.05, 4.69) is 4.98 Å². The summed E-state index contributed by atoms with van der Waals surface area (Å²) in [6.07, 6.45) is 0. The summed E-state index contributed by atoms with van der Waals surface area (Å²) in [7, 11) is 0. The zero-order valence-electron chi connectivity index (χ0n) is 8.45. The maximum Gasteiger partial charge on any atom is 0.133 e. The second kappa shape index (κ2) is 3.87. The van der Waals surface area contributed by atoms with Crippen molar-refractivity contribution in [3.05, 3.63) is 27.5 Å². The molecule has 0 unspecified atom stereocenters. The Morgan fingerprint density at radius 3 is 2.60 bits per heavy atom. The number of hydrogen-bond acceptors (Lipinski definition) is 4. The topological polar surface area (TPSA) is 38.9 Å². The number of nitrogens with zero attached hydrogens (tertiary/aromatic N) is 1. The molecular formula is C10H11ClN2S2. The second-order valence-electron chi connectivity index (χ2n) is 3.86. The molecule has 0 amide bonds. The van der Waals surface area contributed by atoms with Gasteiger partial charge in [-0.25, -0.2) is 4.98 Å².